The van der Waals surface area contributed by atoms with Crippen molar-refractivity contribution in [1.82, 2.24) is 25.2 Å². The summed E-state index contributed by atoms with van der Waals surface area (Å²) >= 11 is 0. The number of nitrogen functional groups attached to an aromatic ring is 1. The summed E-state index contributed by atoms with van der Waals surface area (Å²) in [5.41, 5.74) is 11.2. The zero-order chi connectivity index (χ0) is 12.6. The third kappa shape index (κ3) is 1.60. The van der Waals surface area contributed by atoms with Gasteiger partial charge in [-0.3, -0.25) is 5.10 Å². The Morgan fingerprint density at radius 2 is 2.29 bits per heavy atom. The summed E-state index contributed by atoms with van der Waals surface area (Å²) in [6, 6.07) is 0. The molecule has 10 nitrogen and oxygen atoms in total. The monoisotopic (exact) mass is 237 g/mol. The van der Waals surface area contributed by atoms with Gasteiger partial charge in [-0.1, -0.05) is 0 Å². The van der Waals surface area contributed by atoms with Crippen molar-refractivity contribution in [3.63, 3.8) is 0 Å². The Balaban J connectivity index is 2.62. The Bertz CT molecular complexity index is 578. The fourth-order valence-electron chi connectivity index (χ4n) is 1.32. The maximum atomic E-state index is 10.8. The van der Waals surface area contributed by atoms with E-state index in [9.17, 15) is 4.79 Å². The van der Waals surface area contributed by atoms with Crippen molar-refractivity contribution in [1.29, 1.82) is 0 Å². The number of hydrogen-bond donors (Lipinski definition) is 4. The Hall–Kier alpha value is -2.78. The average Bonchev–Trinajstić information content (AvgIpc) is 2.82. The van der Waals surface area contributed by atoms with E-state index in [4.69, 9.17) is 16.4 Å². The minimum atomic E-state index is -1.28. The molecule has 0 unspecified atom stereocenters. The Kier molecular flexibility index (Phi) is 2.31. The predicted molar refractivity (Wildman–Crippen MR) is 53.6 cm³/mol. The Labute approximate surface area is 93.9 Å². The number of nitrogens with zero attached hydrogens (tertiary/aromatic N) is 5. The fourth-order valence-corrected chi connectivity index (χ4v) is 1.32. The van der Waals surface area contributed by atoms with E-state index in [1.165, 1.54) is 0 Å². The second kappa shape index (κ2) is 3.66. The molecule has 2 aromatic heterocycles. The van der Waals surface area contributed by atoms with E-state index in [1.54, 1.807) is 6.92 Å². The number of aromatic nitrogens is 5. The number of hydrogen-bond acceptors (Lipinski definition) is 6. The number of carboxylic acid groups (broad SMARTS) is 1. The van der Waals surface area contributed by atoms with Gasteiger partial charge in [-0.2, -0.15) is 10.6 Å². The second-order valence-electron chi connectivity index (χ2n) is 3.18. The number of aromatic carboxylic acids is 1. The second-order valence-corrected chi connectivity index (χ2v) is 3.18. The summed E-state index contributed by atoms with van der Waals surface area (Å²) in [5.74, 6) is -1.31. The lowest BCUT2D eigenvalue weighted by molar-refractivity contribution is -0.211. The maximum absolute atomic E-state index is 10.8. The summed E-state index contributed by atoms with van der Waals surface area (Å²) in [5, 5.41) is 26.0. The molecule has 0 amide bonds. The van der Waals surface area contributed by atoms with Crippen LogP contribution in [0.25, 0.3) is 5.69 Å². The van der Waals surface area contributed by atoms with Gasteiger partial charge < -0.3 is 10.8 Å². The molecular weight excluding hydrogens is 228 g/mol. The molecule has 10 heteroatoms. The molecule has 0 radical (unpaired) electrons. The van der Waals surface area contributed by atoms with E-state index >= 15 is 0 Å². The molecule has 2 heterocycles. The highest BCUT2D eigenvalue weighted by Gasteiger charge is 2.22. The first-order valence-corrected chi connectivity index (χ1v) is 4.47. The van der Waals surface area contributed by atoms with E-state index in [-0.39, 0.29) is 17.3 Å². The molecule has 0 aliphatic carbocycles. The molecule has 0 atom stereocenters. The lowest BCUT2D eigenvalue weighted by atomic mass is 10.4. The van der Waals surface area contributed by atoms with Crippen LogP contribution in [0.3, 0.4) is 0 Å². The number of nitrogens with two attached hydrogens (primary N) is 2. The third-order valence-corrected chi connectivity index (χ3v) is 2.06. The number of H-pyrrole nitrogens is 1. The topological polar surface area (TPSA) is 161 Å². The molecule has 0 aliphatic heterocycles. The summed E-state index contributed by atoms with van der Waals surface area (Å²) < 4.78 is 0. The van der Waals surface area contributed by atoms with Gasteiger partial charge in [0.1, 0.15) is 0 Å². The Morgan fingerprint density at radius 1 is 1.59 bits per heavy atom. The van der Waals surface area contributed by atoms with Crippen LogP contribution in [-0.2, 0) is 0 Å². The number of aryl methyl sites for hydroxylation is 1. The number of carbonyl (C=O) groups is 1. The molecule has 88 valence electrons. The van der Waals surface area contributed by atoms with Gasteiger partial charge in [-0.25, -0.2) is 4.79 Å². The predicted octanol–water partition coefficient (Wildman–Crippen LogP) is -1.58. The SMILES string of the molecule is Cc1[nH]nc(N)c1-n1nc(N=[NH2+])c(C(=O)O)n1. The number of anilines is 1. The van der Waals surface area contributed by atoms with Crippen LogP contribution in [0.4, 0.5) is 11.6 Å². The normalized spacial score (nSPS) is 10.4. The molecular formula is C7H9N8O2+. The molecule has 0 aromatic carbocycles. The number of nitrogens with one attached hydrogen (secondary N) is 1. The van der Waals surface area contributed by atoms with Crippen LogP contribution in [0.2, 0.25) is 0 Å². The van der Waals surface area contributed by atoms with Gasteiger partial charge in [-0.15, -0.1) is 15.0 Å². The van der Waals surface area contributed by atoms with Crippen LogP contribution < -0.4 is 11.3 Å². The zero-order valence-corrected chi connectivity index (χ0v) is 8.75. The van der Waals surface area contributed by atoms with Gasteiger partial charge in [0.15, 0.2) is 11.5 Å². The fraction of sp³-hybridized carbons (Fsp3) is 0.143. The molecule has 2 rings (SSSR count). The van der Waals surface area contributed by atoms with Crippen molar-refractivity contribution in [2.75, 3.05) is 5.73 Å². The van der Waals surface area contributed by atoms with Crippen molar-refractivity contribution < 1.29 is 15.4 Å². The summed E-state index contributed by atoms with van der Waals surface area (Å²) in [6.07, 6.45) is 0. The number of carboxylic acids is 1. The van der Waals surface area contributed by atoms with Crippen LogP contribution in [-0.4, -0.2) is 36.3 Å². The third-order valence-electron chi connectivity index (χ3n) is 2.06. The molecule has 17 heavy (non-hydrogen) atoms. The van der Waals surface area contributed by atoms with E-state index in [0.29, 0.717) is 11.4 Å². The molecule has 0 saturated heterocycles. The highest BCUT2D eigenvalue weighted by Crippen LogP contribution is 2.20. The van der Waals surface area contributed by atoms with Gasteiger partial charge in [0.25, 0.3) is 5.82 Å². The molecule has 0 bridgehead atoms. The van der Waals surface area contributed by atoms with Crippen molar-refractivity contribution in [2.24, 2.45) is 5.11 Å². The average molecular weight is 237 g/mol. The first-order chi connectivity index (χ1) is 8.04. The van der Waals surface area contributed by atoms with Crippen LogP contribution in [0.1, 0.15) is 16.2 Å². The molecule has 0 aliphatic rings. The standard InChI is InChI=1S/C7H8N8O2/c1-2-4(5(8)12-11-2)15-13-3(7(16)17)6(10-9)14-15/h9H,1H3,(H,16,17)(H3,8,11,12)/p+1. The smallest absolute Gasteiger partial charge is 0.360 e. The highest BCUT2D eigenvalue weighted by atomic mass is 16.4. The van der Waals surface area contributed by atoms with Gasteiger partial charge in [0, 0.05) is 5.11 Å². The van der Waals surface area contributed by atoms with Gasteiger partial charge in [0.2, 0.25) is 5.69 Å². The summed E-state index contributed by atoms with van der Waals surface area (Å²) in [4.78, 5) is 11.9. The molecule has 6 N–H and O–H groups in total. The van der Waals surface area contributed by atoms with Gasteiger partial charge in [-0.05, 0) is 6.92 Å². The zero-order valence-electron chi connectivity index (χ0n) is 8.75. The van der Waals surface area contributed by atoms with E-state index in [1.807, 2.05) is 0 Å². The molecule has 0 saturated carbocycles. The Morgan fingerprint density at radius 3 is 2.71 bits per heavy atom. The van der Waals surface area contributed by atoms with E-state index < -0.39 is 5.97 Å². The first kappa shape index (κ1) is 10.7. The quantitative estimate of drug-likeness (QED) is 0.471. The van der Waals surface area contributed by atoms with Crippen molar-refractivity contribution in [3.8, 4) is 5.69 Å². The largest absolute Gasteiger partial charge is 0.476 e. The summed E-state index contributed by atoms with van der Waals surface area (Å²) in [6.45, 7) is 1.70. The van der Waals surface area contributed by atoms with E-state index in [2.05, 4.69) is 25.5 Å². The first-order valence-electron chi connectivity index (χ1n) is 4.47. The molecule has 2 aromatic rings. The van der Waals surface area contributed by atoms with Crippen molar-refractivity contribution >= 4 is 17.6 Å². The number of aromatic amines is 1. The van der Waals surface area contributed by atoms with Crippen LogP contribution in [0.15, 0.2) is 5.11 Å². The van der Waals surface area contributed by atoms with Crippen molar-refractivity contribution in [2.45, 2.75) is 6.92 Å². The minimum absolute atomic E-state index is 0.151. The maximum Gasteiger partial charge on any atom is 0.360 e. The lowest BCUT2D eigenvalue weighted by Crippen LogP contribution is -2.22. The lowest BCUT2D eigenvalue weighted by Gasteiger charge is -1.96. The van der Waals surface area contributed by atoms with Crippen LogP contribution in [0, 0.1) is 6.92 Å². The molecule has 0 spiro atoms. The van der Waals surface area contributed by atoms with Gasteiger partial charge >= 0.3 is 5.97 Å². The van der Waals surface area contributed by atoms with Gasteiger partial charge in [0.05, 0.1) is 5.69 Å². The summed E-state index contributed by atoms with van der Waals surface area (Å²) in [7, 11) is 0. The minimum Gasteiger partial charge on any atom is -0.476 e. The molecule has 0 fully saturated rings. The van der Waals surface area contributed by atoms with E-state index in [0.717, 1.165) is 4.80 Å². The number of rotatable bonds is 3. The highest BCUT2D eigenvalue weighted by molar-refractivity contribution is 5.89. The van der Waals surface area contributed by atoms with Crippen molar-refractivity contribution in [3.05, 3.63) is 11.4 Å². The van der Waals surface area contributed by atoms with Crippen LogP contribution in [0.5, 0.6) is 0 Å². The van der Waals surface area contributed by atoms with Crippen LogP contribution >= 0.6 is 0 Å².